The largest absolute Gasteiger partial charge is 0.459 e. The molecule has 0 spiro atoms. The third kappa shape index (κ3) is 4.92. The van der Waals surface area contributed by atoms with Gasteiger partial charge in [0.15, 0.2) is 0 Å². The summed E-state index contributed by atoms with van der Waals surface area (Å²) in [6, 6.07) is 6.04. The van der Waals surface area contributed by atoms with E-state index in [1.807, 2.05) is 4.57 Å². The monoisotopic (exact) mass is 380 g/mol. The number of anilines is 1. The fourth-order valence-electron chi connectivity index (χ4n) is 2.41. The molecule has 138 valence electrons. The first-order valence-electron chi connectivity index (χ1n) is 7.89. The molecule has 26 heavy (non-hydrogen) atoms. The third-order valence-corrected chi connectivity index (χ3v) is 3.99. The first-order chi connectivity index (χ1) is 12.3. The number of halogens is 2. The zero-order valence-corrected chi connectivity index (χ0v) is 15.1. The lowest BCUT2D eigenvalue weighted by molar-refractivity contribution is -0.150. The molecule has 0 bridgehead atoms. The molecular formula is C18H18ClFN2O4. The topological polar surface area (TPSA) is 77.4 Å². The number of esters is 1. The number of hydrogen-bond acceptors (Lipinski definition) is 4. The lowest BCUT2D eigenvalue weighted by atomic mass is 10.2. The SMILES string of the molecule is Cc1cc(NC(=O)c2ccn(CCCOC(=O)C(=O)Cl)c2C)ccc1F. The minimum absolute atomic E-state index is 0.0469. The van der Waals surface area contributed by atoms with Gasteiger partial charge in [0.2, 0.25) is 0 Å². The Labute approximate surface area is 154 Å². The van der Waals surface area contributed by atoms with Gasteiger partial charge in [-0.05, 0) is 61.7 Å². The Hall–Kier alpha value is -2.67. The normalized spacial score (nSPS) is 10.5. The second-order valence-electron chi connectivity index (χ2n) is 5.69. The fraction of sp³-hybridized carbons (Fsp3) is 0.278. The number of aromatic nitrogens is 1. The maximum absolute atomic E-state index is 13.3. The molecule has 0 radical (unpaired) electrons. The Kier molecular flexibility index (Phi) is 6.52. The molecule has 0 aliphatic rings. The van der Waals surface area contributed by atoms with Crippen LogP contribution in [-0.2, 0) is 20.9 Å². The van der Waals surface area contributed by atoms with E-state index >= 15 is 0 Å². The highest BCUT2D eigenvalue weighted by molar-refractivity contribution is 6.80. The number of nitrogens with one attached hydrogen (secondary N) is 1. The van der Waals surface area contributed by atoms with Crippen molar-refractivity contribution in [1.82, 2.24) is 4.57 Å². The number of benzene rings is 1. The van der Waals surface area contributed by atoms with E-state index in [9.17, 15) is 18.8 Å². The highest BCUT2D eigenvalue weighted by Gasteiger charge is 2.14. The molecule has 2 rings (SSSR count). The van der Waals surface area contributed by atoms with E-state index in [1.165, 1.54) is 12.1 Å². The fourth-order valence-corrected chi connectivity index (χ4v) is 2.47. The predicted molar refractivity (Wildman–Crippen MR) is 94.7 cm³/mol. The average molecular weight is 381 g/mol. The van der Waals surface area contributed by atoms with Gasteiger partial charge < -0.3 is 14.6 Å². The van der Waals surface area contributed by atoms with Crippen LogP contribution in [0.2, 0.25) is 0 Å². The Morgan fingerprint density at radius 1 is 1.23 bits per heavy atom. The summed E-state index contributed by atoms with van der Waals surface area (Å²) in [6.07, 6.45) is 2.21. The lowest BCUT2D eigenvalue weighted by Gasteiger charge is -2.09. The van der Waals surface area contributed by atoms with E-state index < -0.39 is 11.2 Å². The van der Waals surface area contributed by atoms with Crippen LogP contribution in [0, 0.1) is 19.7 Å². The first-order valence-corrected chi connectivity index (χ1v) is 8.27. The molecule has 0 aliphatic heterocycles. The van der Waals surface area contributed by atoms with E-state index in [0.717, 1.165) is 5.69 Å². The van der Waals surface area contributed by atoms with Crippen molar-refractivity contribution >= 4 is 34.4 Å². The molecule has 8 heteroatoms. The molecule has 0 fully saturated rings. The summed E-state index contributed by atoms with van der Waals surface area (Å²) in [4.78, 5) is 33.9. The van der Waals surface area contributed by atoms with Crippen molar-refractivity contribution in [2.24, 2.45) is 0 Å². The van der Waals surface area contributed by atoms with Gasteiger partial charge in [0.1, 0.15) is 5.82 Å². The number of carbonyl (C=O) groups is 3. The van der Waals surface area contributed by atoms with Crippen LogP contribution in [0.5, 0.6) is 0 Å². The summed E-state index contributed by atoms with van der Waals surface area (Å²) in [5.41, 5.74) is 2.18. The number of ether oxygens (including phenoxy) is 1. The summed E-state index contributed by atoms with van der Waals surface area (Å²) in [7, 11) is 0. The van der Waals surface area contributed by atoms with Gasteiger partial charge in [0, 0.05) is 24.1 Å². The Balaban J connectivity index is 1.94. The van der Waals surface area contributed by atoms with E-state index in [4.69, 9.17) is 11.6 Å². The lowest BCUT2D eigenvalue weighted by Crippen LogP contribution is -2.15. The number of hydrogen-bond donors (Lipinski definition) is 1. The summed E-state index contributed by atoms with van der Waals surface area (Å²) < 4.78 is 19.8. The van der Waals surface area contributed by atoms with Crippen molar-refractivity contribution in [2.45, 2.75) is 26.8 Å². The second-order valence-corrected chi connectivity index (χ2v) is 6.03. The summed E-state index contributed by atoms with van der Waals surface area (Å²) in [6.45, 7) is 3.96. The zero-order valence-electron chi connectivity index (χ0n) is 14.3. The van der Waals surface area contributed by atoms with Crippen molar-refractivity contribution in [1.29, 1.82) is 0 Å². The van der Waals surface area contributed by atoms with Gasteiger partial charge in [-0.3, -0.25) is 9.59 Å². The van der Waals surface area contributed by atoms with Crippen LogP contribution in [0.25, 0.3) is 0 Å². The molecule has 1 amide bonds. The van der Waals surface area contributed by atoms with Gasteiger partial charge in [-0.15, -0.1) is 0 Å². The van der Waals surface area contributed by atoms with Crippen molar-refractivity contribution in [2.75, 3.05) is 11.9 Å². The number of aryl methyl sites for hydroxylation is 2. The molecule has 0 atom stereocenters. The zero-order chi connectivity index (χ0) is 19.3. The predicted octanol–water partition coefficient (Wildman–Crippen LogP) is 3.20. The van der Waals surface area contributed by atoms with E-state index in [2.05, 4.69) is 10.1 Å². The van der Waals surface area contributed by atoms with Crippen LogP contribution >= 0.6 is 11.6 Å². The molecule has 0 unspecified atom stereocenters. The van der Waals surface area contributed by atoms with Gasteiger partial charge in [0.05, 0.1) is 12.2 Å². The molecule has 2 aromatic rings. The van der Waals surface area contributed by atoms with Crippen molar-refractivity contribution in [3.05, 3.63) is 53.1 Å². The molecule has 1 N–H and O–H groups in total. The Morgan fingerprint density at radius 3 is 2.62 bits per heavy atom. The van der Waals surface area contributed by atoms with Crippen LogP contribution in [0.3, 0.4) is 0 Å². The highest BCUT2D eigenvalue weighted by Crippen LogP contribution is 2.17. The second kappa shape index (κ2) is 8.62. The Bertz CT molecular complexity index is 848. The van der Waals surface area contributed by atoms with Crippen LogP contribution in [0.15, 0.2) is 30.5 Å². The van der Waals surface area contributed by atoms with Gasteiger partial charge in [-0.25, -0.2) is 9.18 Å². The molecule has 1 aromatic heterocycles. The molecule has 6 nitrogen and oxygen atoms in total. The molecule has 1 aromatic carbocycles. The minimum atomic E-state index is -1.16. The number of nitrogens with zero attached hydrogens (tertiary/aromatic N) is 1. The average Bonchev–Trinajstić information content (AvgIpc) is 2.95. The number of carbonyl (C=O) groups excluding carboxylic acids is 3. The number of rotatable bonds is 7. The first kappa shape index (κ1) is 19.7. The van der Waals surface area contributed by atoms with Crippen molar-refractivity contribution < 1.29 is 23.5 Å². The van der Waals surface area contributed by atoms with Gasteiger partial charge >= 0.3 is 11.2 Å². The van der Waals surface area contributed by atoms with E-state index in [1.54, 1.807) is 32.2 Å². The molecule has 0 saturated carbocycles. The highest BCUT2D eigenvalue weighted by atomic mass is 35.5. The van der Waals surface area contributed by atoms with Crippen LogP contribution in [-0.4, -0.2) is 28.3 Å². The van der Waals surface area contributed by atoms with Gasteiger partial charge in [0.25, 0.3) is 5.91 Å². The van der Waals surface area contributed by atoms with E-state index in [0.29, 0.717) is 29.8 Å². The quantitative estimate of drug-likeness (QED) is 0.346. The van der Waals surface area contributed by atoms with Gasteiger partial charge in [-0.1, -0.05) is 0 Å². The van der Waals surface area contributed by atoms with Crippen LogP contribution in [0.1, 0.15) is 28.0 Å². The smallest absolute Gasteiger partial charge is 0.391 e. The summed E-state index contributed by atoms with van der Waals surface area (Å²) in [5.74, 6) is -1.71. The maximum atomic E-state index is 13.3. The molecule has 0 saturated heterocycles. The van der Waals surface area contributed by atoms with Crippen LogP contribution < -0.4 is 5.32 Å². The van der Waals surface area contributed by atoms with Crippen molar-refractivity contribution in [3.8, 4) is 0 Å². The Morgan fingerprint density at radius 2 is 1.96 bits per heavy atom. The minimum Gasteiger partial charge on any atom is -0.459 e. The van der Waals surface area contributed by atoms with Crippen LogP contribution in [0.4, 0.5) is 10.1 Å². The van der Waals surface area contributed by atoms with Crippen molar-refractivity contribution in [3.63, 3.8) is 0 Å². The summed E-state index contributed by atoms with van der Waals surface area (Å²) in [5, 5.41) is 1.58. The standard InChI is InChI=1S/C18H18ClFN2O4/c1-11-10-13(4-5-15(11)20)21-17(24)14-6-8-22(12(14)2)7-3-9-26-18(25)16(19)23/h4-6,8,10H,3,7,9H2,1-2H3,(H,21,24). The maximum Gasteiger partial charge on any atom is 0.391 e. The number of amides is 1. The van der Waals surface area contributed by atoms with E-state index in [-0.39, 0.29) is 18.3 Å². The summed E-state index contributed by atoms with van der Waals surface area (Å²) >= 11 is 4.99. The molecular weight excluding hydrogens is 363 g/mol. The molecule has 0 aliphatic carbocycles. The van der Waals surface area contributed by atoms with Gasteiger partial charge in [-0.2, -0.15) is 0 Å². The molecule has 1 heterocycles. The third-order valence-electron chi connectivity index (χ3n) is 3.84.